The lowest BCUT2D eigenvalue weighted by atomic mass is 10.1. The third kappa shape index (κ3) is 4.17. The fraction of sp³-hybridized carbons (Fsp3) is 0.381. The predicted molar refractivity (Wildman–Crippen MR) is 113 cm³/mol. The molecule has 1 N–H and O–H groups in total. The van der Waals surface area contributed by atoms with Gasteiger partial charge < -0.3 is 19.7 Å². The zero-order valence-corrected chi connectivity index (χ0v) is 17.4. The maximum Gasteiger partial charge on any atom is 0.349 e. The van der Waals surface area contributed by atoms with Crippen molar-refractivity contribution in [2.45, 2.75) is 13.0 Å². The van der Waals surface area contributed by atoms with Gasteiger partial charge in [-0.25, -0.2) is 9.59 Å². The van der Waals surface area contributed by atoms with Crippen LogP contribution in [0.4, 0.5) is 9.80 Å². The summed E-state index contributed by atoms with van der Waals surface area (Å²) in [5.41, 5.74) is 1.96. The Morgan fingerprint density at radius 1 is 1.17 bits per heavy atom. The molecular formula is C21H23N3O5S. The topological polar surface area (TPSA) is 88.2 Å². The molecule has 1 unspecified atom stereocenters. The number of benzene rings is 1. The monoisotopic (exact) mass is 429 g/mol. The zero-order chi connectivity index (χ0) is 21.1. The molecule has 0 aliphatic carbocycles. The Balaban J connectivity index is 1.56. The number of thiophene rings is 1. The van der Waals surface area contributed by atoms with Gasteiger partial charge >= 0.3 is 12.0 Å². The maximum absolute atomic E-state index is 12.8. The number of hydrogen-bond donors (Lipinski definition) is 1. The molecule has 2 aliphatic rings. The molecule has 2 fully saturated rings. The molecule has 3 amide bonds. The lowest BCUT2D eigenvalue weighted by Gasteiger charge is -2.28. The number of nitrogens with one attached hydrogen (secondary N) is 1. The second-order valence-electron chi connectivity index (χ2n) is 7.06. The Kier molecular flexibility index (Phi) is 6.01. The summed E-state index contributed by atoms with van der Waals surface area (Å²) in [5.74, 6) is -1.09. The average molecular weight is 429 g/mol. The van der Waals surface area contributed by atoms with Crippen molar-refractivity contribution in [3.05, 3.63) is 41.3 Å². The quantitative estimate of drug-likeness (QED) is 0.734. The first-order valence-electron chi connectivity index (χ1n) is 9.86. The zero-order valence-electron chi connectivity index (χ0n) is 16.6. The van der Waals surface area contributed by atoms with Gasteiger partial charge in [0.2, 0.25) is 0 Å². The van der Waals surface area contributed by atoms with Crippen molar-refractivity contribution in [1.82, 2.24) is 10.2 Å². The first-order valence-corrected chi connectivity index (χ1v) is 10.7. The Bertz CT molecular complexity index is 939. The highest BCUT2D eigenvalue weighted by molar-refractivity contribution is 7.18. The van der Waals surface area contributed by atoms with Crippen molar-refractivity contribution in [3.63, 3.8) is 0 Å². The molecule has 158 valence electrons. The van der Waals surface area contributed by atoms with Crippen LogP contribution in [-0.4, -0.2) is 68.3 Å². The van der Waals surface area contributed by atoms with E-state index in [1.165, 1.54) is 18.3 Å². The van der Waals surface area contributed by atoms with E-state index in [0.717, 1.165) is 34.1 Å². The number of carbonyl (C=O) groups is 3. The normalized spacial score (nSPS) is 17.6. The molecule has 0 spiro atoms. The lowest BCUT2D eigenvalue weighted by molar-refractivity contribution is -0.135. The van der Waals surface area contributed by atoms with Crippen molar-refractivity contribution in [1.29, 1.82) is 0 Å². The molecule has 0 saturated carbocycles. The minimum absolute atomic E-state index is 0.276. The number of ether oxygens (including phenoxy) is 2. The maximum atomic E-state index is 12.8. The number of morpholine rings is 1. The van der Waals surface area contributed by atoms with E-state index in [-0.39, 0.29) is 6.54 Å². The van der Waals surface area contributed by atoms with E-state index in [2.05, 4.69) is 10.2 Å². The van der Waals surface area contributed by atoms with Crippen LogP contribution in [0.3, 0.4) is 0 Å². The number of imide groups is 1. The van der Waals surface area contributed by atoms with Crippen LogP contribution in [0.25, 0.3) is 11.1 Å². The molecule has 8 nitrogen and oxygen atoms in total. The Labute approximate surface area is 178 Å². The minimum atomic E-state index is -1.05. The van der Waals surface area contributed by atoms with Crippen molar-refractivity contribution in [2.24, 2.45) is 0 Å². The molecule has 2 aromatic rings. The molecule has 1 aromatic carbocycles. The summed E-state index contributed by atoms with van der Waals surface area (Å²) in [6.45, 7) is 4.92. The van der Waals surface area contributed by atoms with Crippen molar-refractivity contribution >= 4 is 34.2 Å². The molecule has 2 saturated heterocycles. The number of esters is 1. The van der Waals surface area contributed by atoms with E-state index in [1.807, 2.05) is 36.4 Å². The SMILES string of the molecule is CC(OC(=O)c1cc(-c2ccccc2)c(N2CCOCC2)s1)C(=O)N1CCNC1=O. The number of rotatable bonds is 5. The van der Waals surface area contributed by atoms with E-state index >= 15 is 0 Å². The van der Waals surface area contributed by atoms with Crippen LogP contribution < -0.4 is 10.2 Å². The number of hydrogen-bond acceptors (Lipinski definition) is 7. The van der Waals surface area contributed by atoms with Crippen molar-refractivity contribution < 1.29 is 23.9 Å². The highest BCUT2D eigenvalue weighted by Crippen LogP contribution is 2.39. The molecule has 0 radical (unpaired) electrons. The highest BCUT2D eigenvalue weighted by Gasteiger charge is 2.32. The van der Waals surface area contributed by atoms with E-state index in [0.29, 0.717) is 24.6 Å². The average Bonchev–Trinajstić information content (AvgIpc) is 3.41. The Morgan fingerprint density at radius 2 is 1.90 bits per heavy atom. The van der Waals surface area contributed by atoms with Gasteiger partial charge in [0, 0.05) is 31.7 Å². The third-order valence-corrected chi connectivity index (χ3v) is 6.23. The van der Waals surface area contributed by atoms with Crippen LogP contribution >= 0.6 is 11.3 Å². The number of nitrogens with zero attached hydrogens (tertiary/aromatic N) is 2. The molecule has 0 bridgehead atoms. The Morgan fingerprint density at radius 3 is 2.57 bits per heavy atom. The molecule has 1 aromatic heterocycles. The van der Waals surface area contributed by atoms with Gasteiger partial charge in [0.1, 0.15) is 4.88 Å². The Hall–Kier alpha value is -2.91. The summed E-state index contributed by atoms with van der Waals surface area (Å²) in [7, 11) is 0. The van der Waals surface area contributed by atoms with Gasteiger partial charge in [0.15, 0.2) is 6.10 Å². The first-order chi connectivity index (χ1) is 14.5. The number of urea groups is 1. The molecular weight excluding hydrogens is 406 g/mol. The standard InChI is InChI=1S/C21H23N3O5S/c1-14(18(25)24-8-7-22-21(24)27)29-20(26)17-13-16(15-5-3-2-4-6-15)19(30-17)23-9-11-28-12-10-23/h2-6,13-14H,7-12H2,1H3,(H,22,27). The van der Waals surface area contributed by atoms with E-state index in [1.54, 1.807) is 0 Å². The molecule has 9 heteroatoms. The predicted octanol–water partition coefficient (Wildman–Crippen LogP) is 2.35. The molecule has 2 aliphatic heterocycles. The largest absolute Gasteiger partial charge is 0.448 e. The summed E-state index contributed by atoms with van der Waals surface area (Å²) in [5, 5.41) is 3.55. The van der Waals surface area contributed by atoms with Gasteiger partial charge in [-0.2, -0.15) is 0 Å². The van der Waals surface area contributed by atoms with Crippen LogP contribution in [0, 0.1) is 0 Å². The summed E-state index contributed by atoms with van der Waals surface area (Å²) >= 11 is 1.35. The van der Waals surface area contributed by atoms with Crippen LogP contribution in [0.1, 0.15) is 16.6 Å². The van der Waals surface area contributed by atoms with Gasteiger partial charge in [0.25, 0.3) is 5.91 Å². The van der Waals surface area contributed by atoms with Gasteiger partial charge in [-0.05, 0) is 18.6 Å². The fourth-order valence-electron chi connectivity index (χ4n) is 3.48. The van der Waals surface area contributed by atoms with Crippen LogP contribution in [0.2, 0.25) is 0 Å². The number of anilines is 1. The van der Waals surface area contributed by atoms with E-state index in [4.69, 9.17) is 9.47 Å². The molecule has 3 heterocycles. The fourth-order valence-corrected chi connectivity index (χ4v) is 4.59. The molecule has 4 rings (SSSR count). The van der Waals surface area contributed by atoms with Crippen molar-refractivity contribution in [2.75, 3.05) is 44.3 Å². The summed E-state index contributed by atoms with van der Waals surface area (Å²) in [4.78, 5) is 40.6. The smallest absolute Gasteiger partial charge is 0.349 e. The summed E-state index contributed by atoms with van der Waals surface area (Å²) in [6.07, 6.45) is -1.05. The lowest BCUT2D eigenvalue weighted by Crippen LogP contribution is -2.41. The second kappa shape index (κ2) is 8.85. The van der Waals surface area contributed by atoms with Crippen LogP contribution in [0.15, 0.2) is 36.4 Å². The highest BCUT2D eigenvalue weighted by atomic mass is 32.1. The third-order valence-electron chi connectivity index (χ3n) is 5.05. The van der Waals surface area contributed by atoms with Gasteiger partial charge in [-0.15, -0.1) is 11.3 Å². The van der Waals surface area contributed by atoms with Crippen LogP contribution in [0.5, 0.6) is 0 Å². The number of carbonyl (C=O) groups excluding carboxylic acids is 3. The summed E-state index contributed by atoms with van der Waals surface area (Å²) in [6, 6.07) is 11.2. The van der Waals surface area contributed by atoms with Gasteiger partial charge in [-0.1, -0.05) is 30.3 Å². The van der Waals surface area contributed by atoms with Gasteiger partial charge in [-0.3, -0.25) is 9.69 Å². The minimum Gasteiger partial charge on any atom is -0.448 e. The second-order valence-corrected chi connectivity index (χ2v) is 8.09. The summed E-state index contributed by atoms with van der Waals surface area (Å²) < 4.78 is 10.9. The van der Waals surface area contributed by atoms with Crippen LogP contribution in [-0.2, 0) is 14.3 Å². The van der Waals surface area contributed by atoms with E-state index in [9.17, 15) is 14.4 Å². The first kappa shape index (κ1) is 20.4. The van der Waals surface area contributed by atoms with Gasteiger partial charge in [0.05, 0.1) is 18.2 Å². The molecule has 1 atom stereocenters. The number of amides is 3. The van der Waals surface area contributed by atoms with E-state index < -0.39 is 24.0 Å². The van der Waals surface area contributed by atoms with Crippen molar-refractivity contribution in [3.8, 4) is 11.1 Å². The molecule has 30 heavy (non-hydrogen) atoms.